The van der Waals surface area contributed by atoms with Gasteiger partial charge >= 0.3 is 18.0 Å². The fraction of sp³-hybridized carbons (Fsp3) is 0.316. The summed E-state index contributed by atoms with van der Waals surface area (Å²) in [5.74, 6) is -3.49. The Morgan fingerprint density at radius 2 is 1.45 bits per heavy atom. The standard InChI is InChI=1S/C19H17F7N2O/c1-2-13(17(20,18(21,22)23)19(24,25)26)11-7-4-6-10-15(11)28-16(29)12-8-3-5-9-14(12)27/h3-10,13H,2,27H2,1H3,(H,28,29). The lowest BCUT2D eigenvalue weighted by Gasteiger charge is -2.37. The van der Waals surface area contributed by atoms with E-state index in [1.54, 1.807) is 0 Å². The minimum absolute atomic E-state index is 0.0338. The first-order valence-electron chi connectivity index (χ1n) is 8.41. The van der Waals surface area contributed by atoms with Gasteiger partial charge in [-0.3, -0.25) is 4.79 Å². The number of halogens is 7. The molecule has 0 aliphatic rings. The Labute approximate surface area is 161 Å². The number of carbonyl (C=O) groups is 1. The second-order valence-electron chi connectivity index (χ2n) is 6.30. The van der Waals surface area contributed by atoms with E-state index in [4.69, 9.17) is 5.73 Å². The smallest absolute Gasteiger partial charge is 0.398 e. The van der Waals surface area contributed by atoms with Gasteiger partial charge in [0.05, 0.1) is 5.56 Å². The third-order valence-electron chi connectivity index (χ3n) is 4.50. The molecule has 0 spiro atoms. The van der Waals surface area contributed by atoms with Crippen LogP contribution >= 0.6 is 0 Å². The van der Waals surface area contributed by atoms with E-state index in [1.807, 2.05) is 0 Å². The summed E-state index contributed by atoms with van der Waals surface area (Å²) in [4.78, 5) is 12.4. The number of nitrogen functional groups attached to an aromatic ring is 1. The van der Waals surface area contributed by atoms with Crippen molar-refractivity contribution >= 4 is 17.3 Å². The van der Waals surface area contributed by atoms with E-state index in [9.17, 15) is 35.5 Å². The Kier molecular flexibility index (Phi) is 6.15. The van der Waals surface area contributed by atoms with Crippen LogP contribution in [0.3, 0.4) is 0 Å². The molecule has 2 aromatic rings. The molecule has 10 heteroatoms. The van der Waals surface area contributed by atoms with Gasteiger partial charge in [-0.15, -0.1) is 0 Å². The number of benzene rings is 2. The number of hydrogen-bond donors (Lipinski definition) is 2. The summed E-state index contributed by atoms with van der Waals surface area (Å²) in [6.45, 7) is 1.00. The minimum Gasteiger partial charge on any atom is -0.398 e. The molecule has 3 nitrogen and oxygen atoms in total. The van der Waals surface area contributed by atoms with Crippen molar-refractivity contribution in [2.24, 2.45) is 0 Å². The van der Waals surface area contributed by atoms with Gasteiger partial charge in [-0.2, -0.15) is 26.3 Å². The van der Waals surface area contributed by atoms with E-state index in [-0.39, 0.29) is 16.9 Å². The van der Waals surface area contributed by atoms with Crippen molar-refractivity contribution in [1.29, 1.82) is 0 Å². The van der Waals surface area contributed by atoms with Gasteiger partial charge < -0.3 is 11.1 Å². The predicted octanol–water partition coefficient (Wildman–Crippen LogP) is 5.85. The second-order valence-corrected chi connectivity index (χ2v) is 6.30. The Hall–Kier alpha value is -2.78. The number of amides is 1. The summed E-state index contributed by atoms with van der Waals surface area (Å²) < 4.78 is 94.1. The largest absolute Gasteiger partial charge is 0.432 e. The normalized spacial score (nSPS) is 13.8. The van der Waals surface area contributed by atoms with Gasteiger partial charge in [0.15, 0.2) is 0 Å². The van der Waals surface area contributed by atoms with E-state index in [0.29, 0.717) is 0 Å². The van der Waals surface area contributed by atoms with E-state index in [0.717, 1.165) is 25.1 Å². The molecule has 0 saturated carbocycles. The maximum Gasteiger partial charge on any atom is 0.432 e. The van der Waals surface area contributed by atoms with Gasteiger partial charge in [0, 0.05) is 17.3 Å². The van der Waals surface area contributed by atoms with Gasteiger partial charge in [0.1, 0.15) is 0 Å². The van der Waals surface area contributed by atoms with Crippen LogP contribution in [0.25, 0.3) is 0 Å². The molecule has 0 saturated heterocycles. The number of anilines is 2. The number of carbonyl (C=O) groups excluding carboxylic acids is 1. The number of hydrogen-bond acceptors (Lipinski definition) is 2. The van der Waals surface area contributed by atoms with Crippen molar-refractivity contribution in [2.45, 2.75) is 37.3 Å². The fourth-order valence-electron chi connectivity index (χ4n) is 3.08. The summed E-state index contributed by atoms with van der Waals surface area (Å²) in [6.07, 6.45) is -13.3. The quantitative estimate of drug-likeness (QED) is 0.469. The topological polar surface area (TPSA) is 55.1 Å². The first-order chi connectivity index (χ1) is 13.3. The van der Waals surface area contributed by atoms with E-state index in [2.05, 4.69) is 5.32 Å². The number of nitrogens with one attached hydrogen (secondary N) is 1. The average molecular weight is 422 g/mol. The number of rotatable bonds is 5. The van der Waals surface area contributed by atoms with Crippen LogP contribution in [0.5, 0.6) is 0 Å². The van der Waals surface area contributed by atoms with Crippen LogP contribution < -0.4 is 11.1 Å². The fourth-order valence-corrected chi connectivity index (χ4v) is 3.08. The molecule has 0 aromatic heterocycles. The molecular formula is C19H17F7N2O. The van der Waals surface area contributed by atoms with Gasteiger partial charge in [0.2, 0.25) is 0 Å². The molecule has 0 heterocycles. The third kappa shape index (κ3) is 4.15. The van der Waals surface area contributed by atoms with Crippen LogP contribution in [0, 0.1) is 0 Å². The van der Waals surface area contributed by atoms with Crippen molar-refractivity contribution < 1.29 is 35.5 Å². The molecule has 0 aliphatic carbocycles. The Morgan fingerprint density at radius 1 is 0.931 bits per heavy atom. The van der Waals surface area contributed by atoms with E-state index in [1.165, 1.54) is 30.3 Å². The van der Waals surface area contributed by atoms with Gasteiger partial charge in [-0.05, 0) is 30.2 Å². The van der Waals surface area contributed by atoms with Crippen LogP contribution in [0.2, 0.25) is 0 Å². The third-order valence-corrected chi connectivity index (χ3v) is 4.50. The van der Waals surface area contributed by atoms with Crippen LogP contribution in [0.4, 0.5) is 42.1 Å². The lowest BCUT2D eigenvalue weighted by Crippen LogP contribution is -2.57. The zero-order valence-corrected chi connectivity index (χ0v) is 15.0. The van der Waals surface area contributed by atoms with Crippen molar-refractivity contribution in [1.82, 2.24) is 0 Å². The zero-order valence-electron chi connectivity index (χ0n) is 15.0. The molecule has 1 amide bonds. The first kappa shape index (κ1) is 22.5. The SMILES string of the molecule is CCC(c1ccccc1NC(=O)c1ccccc1N)C(F)(C(F)(F)F)C(F)(F)F. The average Bonchev–Trinajstić information content (AvgIpc) is 2.62. The van der Waals surface area contributed by atoms with Crippen molar-refractivity contribution in [3.8, 4) is 0 Å². The summed E-state index contributed by atoms with van der Waals surface area (Å²) in [7, 11) is 0. The van der Waals surface area contributed by atoms with Crippen molar-refractivity contribution in [3.05, 3.63) is 59.7 Å². The molecule has 29 heavy (non-hydrogen) atoms. The van der Waals surface area contributed by atoms with Crippen LogP contribution in [0.15, 0.2) is 48.5 Å². The number of nitrogens with two attached hydrogens (primary N) is 1. The van der Waals surface area contributed by atoms with Crippen molar-refractivity contribution in [3.63, 3.8) is 0 Å². The number of para-hydroxylation sites is 2. The molecule has 0 fully saturated rings. The molecular weight excluding hydrogens is 405 g/mol. The molecule has 0 bridgehead atoms. The first-order valence-corrected chi connectivity index (χ1v) is 8.41. The number of alkyl halides is 7. The van der Waals surface area contributed by atoms with Gasteiger partial charge in [-0.25, -0.2) is 4.39 Å². The van der Waals surface area contributed by atoms with Gasteiger partial charge in [-0.1, -0.05) is 37.3 Å². The molecule has 2 aromatic carbocycles. The summed E-state index contributed by atoms with van der Waals surface area (Å²) in [5, 5.41) is 2.24. The highest BCUT2D eigenvalue weighted by atomic mass is 19.4. The zero-order chi connectivity index (χ0) is 22.0. The summed E-state index contributed by atoms with van der Waals surface area (Å²) in [6, 6.07) is 10.2. The highest BCUT2D eigenvalue weighted by Gasteiger charge is 2.75. The summed E-state index contributed by atoms with van der Waals surface area (Å²) in [5.41, 5.74) is -0.814. The Morgan fingerprint density at radius 3 is 1.97 bits per heavy atom. The summed E-state index contributed by atoms with van der Waals surface area (Å²) >= 11 is 0. The van der Waals surface area contributed by atoms with Crippen LogP contribution in [0.1, 0.15) is 35.2 Å². The van der Waals surface area contributed by atoms with Crippen LogP contribution in [-0.2, 0) is 0 Å². The lowest BCUT2D eigenvalue weighted by atomic mass is 9.79. The van der Waals surface area contributed by atoms with Crippen molar-refractivity contribution in [2.75, 3.05) is 11.1 Å². The molecule has 2 rings (SSSR count). The van der Waals surface area contributed by atoms with E-state index >= 15 is 0 Å². The Bertz CT molecular complexity index is 863. The second kappa shape index (κ2) is 7.92. The minimum atomic E-state index is -6.22. The van der Waals surface area contributed by atoms with Gasteiger partial charge in [0.25, 0.3) is 5.91 Å². The molecule has 3 N–H and O–H groups in total. The molecule has 1 atom stereocenters. The predicted molar refractivity (Wildman–Crippen MR) is 94.2 cm³/mol. The molecule has 0 radical (unpaired) electrons. The monoisotopic (exact) mass is 422 g/mol. The highest BCUT2D eigenvalue weighted by molar-refractivity contribution is 6.08. The maximum atomic E-state index is 14.7. The molecule has 158 valence electrons. The lowest BCUT2D eigenvalue weighted by molar-refractivity contribution is -0.349. The van der Waals surface area contributed by atoms with Crippen LogP contribution in [-0.4, -0.2) is 23.9 Å². The maximum absolute atomic E-state index is 14.7. The van der Waals surface area contributed by atoms with E-state index < -0.39 is 41.8 Å². The Balaban J connectivity index is 2.55. The highest BCUT2D eigenvalue weighted by Crippen LogP contribution is 2.55. The molecule has 0 aliphatic heterocycles. The molecule has 1 unspecified atom stereocenters.